The fourth-order valence-corrected chi connectivity index (χ4v) is 1.65. The molecule has 0 unspecified atom stereocenters. The van der Waals surface area contributed by atoms with E-state index in [1.165, 1.54) is 0 Å². The zero-order chi connectivity index (χ0) is 10.8. The van der Waals surface area contributed by atoms with Gasteiger partial charge in [0.25, 0.3) is 4.80 Å². The second-order valence-electron chi connectivity index (χ2n) is 3.17. The molecule has 0 amide bonds. The number of carbonyl (C=O) groups is 1. The number of rotatable bonds is 2. The van der Waals surface area contributed by atoms with E-state index in [0.29, 0.717) is 22.5 Å². The van der Waals surface area contributed by atoms with E-state index in [0.717, 1.165) is 11.1 Å². The number of oxazole rings is 1. The minimum atomic E-state index is 0.311. The molecule has 0 saturated heterocycles. The molecular formula is C11H8BrNO2. The predicted octanol–water partition coefficient (Wildman–Crippen LogP) is 3.23. The van der Waals surface area contributed by atoms with E-state index in [1.807, 2.05) is 31.2 Å². The van der Waals surface area contributed by atoms with Crippen LogP contribution in [-0.4, -0.2) is 11.3 Å². The second-order valence-corrected chi connectivity index (χ2v) is 3.84. The minimum absolute atomic E-state index is 0.311. The number of benzene rings is 1. The van der Waals surface area contributed by atoms with Gasteiger partial charge in [-0.15, -0.1) is 0 Å². The molecule has 0 atom stereocenters. The largest absolute Gasteiger partial charge is 0.430 e. The van der Waals surface area contributed by atoms with Crippen molar-refractivity contribution in [1.29, 1.82) is 0 Å². The van der Waals surface area contributed by atoms with Gasteiger partial charge in [0, 0.05) is 21.5 Å². The highest BCUT2D eigenvalue weighted by atomic mass is 79.9. The van der Waals surface area contributed by atoms with Crippen LogP contribution in [-0.2, 0) is 0 Å². The van der Waals surface area contributed by atoms with Crippen molar-refractivity contribution in [3.63, 3.8) is 0 Å². The van der Waals surface area contributed by atoms with Crippen LogP contribution in [0.15, 0.2) is 33.5 Å². The summed E-state index contributed by atoms with van der Waals surface area (Å²) in [7, 11) is 0. The van der Waals surface area contributed by atoms with Gasteiger partial charge in [-0.3, -0.25) is 4.79 Å². The molecule has 15 heavy (non-hydrogen) atoms. The molecule has 0 aliphatic rings. The molecule has 1 aromatic heterocycles. The fraction of sp³-hybridized carbons (Fsp3) is 0.0909. The van der Waals surface area contributed by atoms with Crippen molar-refractivity contribution in [3.8, 4) is 11.3 Å². The standard InChI is InChI=1S/C11H8BrNO2/c1-7-2-4-8(5-3-7)10-9(6-14)13-11(12)15-10/h2-6H,1H3. The van der Waals surface area contributed by atoms with E-state index < -0.39 is 0 Å². The summed E-state index contributed by atoms with van der Waals surface area (Å²) < 4.78 is 5.31. The summed E-state index contributed by atoms with van der Waals surface area (Å²) in [6.07, 6.45) is 0.684. The van der Waals surface area contributed by atoms with E-state index in [4.69, 9.17) is 4.42 Å². The average molecular weight is 266 g/mol. The van der Waals surface area contributed by atoms with Crippen molar-refractivity contribution in [2.45, 2.75) is 6.92 Å². The molecule has 0 spiro atoms. The topological polar surface area (TPSA) is 43.1 Å². The van der Waals surface area contributed by atoms with Crippen LogP contribution in [0.5, 0.6) is 0 Å². The zero-order valence-electron chi connectivity index (χ0n) is 8.03. The number of hydrogen-bond donors (Lipinski definition) is 0. The molecule has 0 radical (unpaired) electrons. The molecule has 2 aromatic rings. The summed E-state index contributed by atoms with van der Waals surface area (Å²) in [4.78, 5) is 15.0. The quantitative estimate of drug-likeness (QED) is 0.784. The molecule has 1 heterocycles. The predicted molar refractivity (Wildman–Crippen MR) is 59.8 cm³/mol. The first-order valence-electron chi connectivity index (χ1n) is 4.39. The van der Waals surface area contributed by atoms with Crippen LogP contribution in [0.1, 0.15) is 16.1 Å². The molecule has 1 aromatic carbocycles. The van der Waals surface area contributed by atoms with Crippen LogP contribution in [0, 0.1) is 6.92 Å². The Labute approximate surface area is 95.3 Å². The maximum atomic E-state index is 10.7. The molecule has 4 heteroatoms. The van der Waals surface area contributed by atoms with Gasteiger partial charge in [-0.05, 0) is 6.92 Å². The zero-order valence-corrected chi connectivity index (χ0v) is 9.61. The second kappa shape index (κ2) is 3.98. The molecule has 0 aliphatic carbocycles. The highest BCUT2D eigenvalue weighted by Gasteiger charge is 2.12. The van der Waals surface area contributed by atoms with E-state index >= 15 is 0 Å². The molecule has 2 rings (SSSR count). The normalized spacial score (nSPS) is 10.3. The molecule has 0 saturated carbocycles. The maximum Gasteiger partial charge on any atom is 0.265 e. The van der Waals surface area contributed by atoms with Gasteiger partial charge in [-0.25, -0.2) is 0 Å². The third kappa shape index (κ3) is 1.99. The van der Waals surface area contributed by atoms with Crippen LogP contribution >= 0.6 is 15.9 Å². The fourth-order valence-electron chi connectivity index (χ4n) is 1.30. The Balaban J connectivity index is 2.52. The lowest BCUT2D eigenvalue weighted by Crippen LogP contribution is -1.84. The van der Waals surface area contributed by atoms with Crippen LogP contribution in [0.3, 0.4) is 0 Å². The van der Waals surface area contributed by atoms with Gasteiger partial charge in [0.2, 0.25) is 0 Å². The summed E-state index contributed by atoms with van der Waals surface area (Å²) in [5, 5.41) is 0. The van der Waals surface area contributed by atoms with Crippen molar-refractivity contribution in [2.75, 3.05) is 0 Å². The number of aryl methyl sites for hydroxylation is 1. The minimum Gasteiger partial charge on any atom is -0.430 e. The molecular weight excluding hydrogens is 258 g/mol. The lowest BCUT2D eigenvalue weighted by atomic mass is 10.1. The molecule has 0 N–H and O–H groups in total. The van der Waals surface area contributed by atoms with Crippen molar-refractivity contribution in [1.82, 2.24) is 4.98 Å². The van der Waals surface area contributed by atoms with Crippen molar-refractivity contribution < 1.29 is 9.21 Å². The molecule has 76 valence electrons. The van der Waals surface area contributed by atoms with Crippen LogP contribution in [0.4, 0.5) is 0 Å². The Morgan fingerprint density at radius 1 is 1.33 bits per heavy atom. The monoisotopic (exact) mass is 265 g/mol. The van der Waals surface area contributed by atoms with Crippen LogP contribution in [0.25, 0.3) is 11.3 Å². The average Bonchev–Trinajstić information content (AvgIpc) is 2.61. The Bertz CT molecular complexity index is 488. The number of carbonyl (C=O) groups excluding carboxylic acids is 1. The lowest BCUT2D eigenvalue weighted by molar-refractivity contribution is 0.112. The number of nitrogens with zero attached hydrogens (tertiary/aromatic N) is 1. The Morgan fingerprint density at radius 2 is 2.00 bits per heavy atom. The van der Waals surface area contributed by atoms with Crippen LogP contribution < -0.4 is 0 Å². The van der Waals surface area contributed by atoms with Gasteiger partial charge >= 0.3 is 0 Å². The van der Waals surface area contributed by atoms with E-state index in [9.17, 15) is 4.79 Å². The first-order valence-corrected chi connectivity index (χ1v) is 5.18. The van der Waals surface area contributed by atoms with Crippen molar-refractivity contribution in [2.24, 2.45) is 0 Å². The Morgan fingerprint density at radius 3 is 2.60 bits per heavy atom. The lowest BCUT2D eigenvalue weighted by Gasteiger charge is -1.97. The first kappa shape index (κ1) is 10.1. The summed E-state index contributed by atoms with van der Waals surface area (Å²) in [5.74, 6) is 0.497. The third-order valence-corrected chi connectivity index (χ3v) is 2.39. The maximum absolute atomic E-state index is 10.7. The summed E-state index contributed by atoms with van der Waals surface area (Å²) >= 11 is 3.10. The number of halogens is 1. The number of aromatic nitrogens is 1. The first-order chi connectivity index (χ1) is 7.20. The van der Waals surface area contributed by atoms with Gasteiger partial charge in [0.05, 0.1) is 0 Å². The number of aldehydes is 1. The summed E-state index contributed by atoms with van der Waals surface area (Å²) in [6.45, 7) is 2.00. The van der Waals surface area contributed by atoms with Gasteiger partial charge in [-0.1, -0.05) is 29.8 Å². The van der Waals surface area contributed by atoms with E-state index in [1.54, 1.807) is 0 Å². The Kier molecular flexibility index (Phi) is 2.68. The number of hydrogen-bond acceptors (Lipinski definition) is 3. The molecule has 3 nitrogen and oxygen atoms in total. The van der Waals surface area contributed by atoms with Gasteiger partial charge in [0.1, 0.15) is 0 Å². The van der Waals surface area contributed by atoms with Crippen molar-refractivity contribution in [3.05, 3.63) is 40.3 Å². The van der Waals surface area contributed by atoms with Gasteiger partial charge < -0.3 is 4.42 Å². The van der Waals surface area contributed by atoms with Gasteiger partial charge in [-0.2, -0.15) is 4.98 Å². The van der Waals surface area contributed by atoms with Crippen LogP contribution in [0.2, 0.25) is 0 Å². The summed E-state index contributed by atoms with van der Waals surface area (Å²) in [5.41, 5.74) is 2.32. The van der Waals surface area contributed by atoms with Crippen molar-refractivity contribution >= 4 is 22.2 Å². The smallest absolute Gasteiger partial charge is 0.265 e. The van der Waals surface area contributed by atoms with E-state index in [2.05, 4.69) is 20.9 Å². The molecule has 0 fully saturated rings. The van der Waals surface area contributed by atoms with Gasteiger partial charge in [0.15, 0.2) is 17.7 Å². The molecule has 0 aliphatic heterocycles. The summed E-state index contributed by atoms with van der Waals surface area (Å²) in [6, 6.07) is 7.71. The Hall–Kier alpha value is -1.42. The molecule has 0 bridgehead atoms. The highest BCUT2D eigenvalue weighted by molar-refractivity contribution is 9.10. The highest BCUT2D eigenvalue weighted by Crippen LogP contribution is 2.26. The third-order valence-electron chi connectivity index (χ3n) is 2.05. The SMILES string of the molecule is Cc1ccc(-c2oc(Br)nc2C=O)cc1. The van der Waals surface area contributed by atoms with E-state index in [-0.39, 0.29) is 0 Å².